The van der Waals surface area contributed by atoms with Crippen LogP contribution in [0.4, 0.5) is 5.69 Å². The van der Waals surface area contributed by atoms with Gasteiger partial charge in [-0.15, -0.1) is 0 Å². The fourth-order valence-corrected chi connectivity index (χ4v) is 3.27. The van der Waals surface area contributed by atoms with Gasteiger partial charge >= 0.3 is 0 Å². The highest BCUT2D eigenvalue weighted by molar-refractivity contribution is 5.98. The maximum atomic E-state index is 12.5. The van der Waals surface area contributed by atoms with Crippen LogP contribution in [0, 0.1) is 18.8 Å². The standard InChI is InChI=1S/C18H27NO/c1-3-4-5-14-6-8-15(9-7-14)18(20)16-10-11-17(19)13(2)12-16/h10-12,14-15H,3-9,19H2,1-2H3. The number of rotatable bonds is 5. The summed E-state index contributed by atoms with van der Waals surface area (Å²) in [5, 5.41) is 0. The number of anilines is 1. The average Bonchev–Trinajstić information content (AvgIpc) is 2.48. The summed E-state index contributed by atoms with van der Waals surface area (Å²) in [4.78, 5) is 12.5. The second-order valence-corrected chi connectivity index (χ2v) is 6.30. The van der Waals surface area contributed by atoms with E-state index in [4.69, 9.17) is 5.73 Å². The lowest BCUT2D eigenvalue weighted by Crippen LogP contribution is -2.22. The Morgan fingerprint density at radius 1 is 1.25 bits per heavy atom. The Labute approximate surface area is 122 Å². The predicted octanol–water partition coefficient (Wildman–Crippen LogP) is 4.76. The Morgan fingerprint density at radius 3 is 2.55 bits per heavy atom. The van der Waals surface area contributed by atoms with Gasteiger partial charge in [0.05, 0.1) is 0 Å². The molecule has 1 aliphatic rings. The summed E-state index contributed by atoms with van der Waals surface area (Å²) in [5.41, 5.74) is 8.44. The fourth-order valence-electron chi connectivity index (χ4n) is 3.27. The second kappa shape index (κ2) is 6.92. The molecule has 0 aromatic heterocycles. The smallest absolute Gasteiger partial charge is 0.165 e. The van der Waals surface area contributed by atoms with Gasteiger partial charge in [0.15, 0.2) is 5.78 Å². The normalized spacial score (nSPS) is 22.7. The number of aryl methyl sites for hydroxylation is 1. The summed E-state index contributed by atoms with van der Waals surface area (Å²) in [5.74, 6) is 1.41. The van der Waals surface area contributed by atoms with E-state index in [9.17, 15) is 4.79 Å². The molecule has 1 aliphatic carbocycles. The molecule has 2 rings (SSSR count). The molecule has 20 heavy (non-hydrogen) atoms. The largest absolute Gasteiger partial charge is 0.399 e. The zero-order valence-electron chi connectivity index (χ0n) is 12.8. The third-order valence-corrected chi connectivity index (χ3v) is 4.74. The number of hydrogen-bond donors (Lipinski definition) is 1. The fraction of sp³-hybridized carbons (Fsp3) is 0.611. The Kier molecular flexibility index (Phi) is 5.22. The van der Waals surface area contributed by atoms with Crippen molar-refractivity contribution in [3.05, 3.63) is 29.3 Å². The van der Waals surface area contributed by atoms with Crippen molar-refractivity contribution in [1.82, 2.24) is 0 Å². The first kappa shape index (κ1) is 15.1. The van der Waals surface area contributed by atoms with Crippen LogP contribution < -0.4 is 5.73 Å². The molecule has 1 saturated carbocycles. The van der Waals surface area contributed by atoms with Crippen LogP contribution in [0.3, 0.4) is 0 Å². The summed E-state index contributed by atoms with van der Waals surface area (Å²) < 4.78 is 0. The van der Waals surface area contributed by atoms with Crippen LogP contribution in [-0.2, 0) is 0 Å². The van der Waals surface area contributed by atoms with Crippen molar-refractivity contribution >= 4 is 11.5 Å². The van der Waals surface area contributed by atoms with Crippen LogP contribution in [0.2, 0.25) is 0 Å². The predicted molar refractivity (Wildman–Crippen MR) is 84.9 cm³/mol. The first-order chi connectivity index (χ1) is 9.61. The molecule has 2 heteroatoms. The molecule has 110 valence electrons. The van der Waals surface area contributed by atoms with E-state index in [1.54, 1.807) is 0 Å². The van der Waals surface area contributed by atoms with Crippen LogP contribution >= 0.6 is 0 Å². The molecule has 0 spiro atoms. The van der Waals surface area contributed by atoms with Crippen LogP contribution in [0.25, 0.3) is 0 Å². The van der Waals surface area contributed by atoms with Crippen LogP contribution in [0.5, 0.6) is 0 Å². The van der Waals surface area contributed by atoms with E-state index in [0.29, 0.717) is 5.78 Å². The zero-order chi connectivity index (χ0) is 14.5. The van der Waals surface area contributed by atoms with Gasteiger partial charge in [-0.05, 0) is 62.3 Å². The topological polar surface area (TPSA) is 43.1 Å². The second-order valence-electron chi connectivity index (χ2n) is 6.30. The molecular weight excluding hydrogens is 246 g/mol. The van der Waals surface area contributed by atoms with Gasteiger partial charge in [-0.1, -0.05) is 26.2 Å². The molecule has 2 nitrogen and oxygen atoms in total. The van der Waals surface area contributed by atoms with Crippen molar-refractivity contribution in [2.45, 2.75) is 58.8 Å². The molecule has 0 bridgehead atoms. The number of nitrogens with two attached hydrogens (primary N) is 1. The molecular formula is C18H27NO. The van der Waals surface area contributed by atoms with Gasteiger partial charge in [0.2, 0.25) is 0 Å². The molecule has 0 amide bonds. The molecule has 1 aromatic carbocycles. The molecule has 0 aliphatic heterocycles. The van der Waals surface area contributed by atoms with Gasteiger partial charge in [0.1, 0.15) is 0 Å². The van der Waals surface area contributed by atoms with Crippen LogP contribution in [0.15, 0.2) is 18.2 Å². The minimum Gasteiger partial charge on any atom is -0.399 e. The van der Waals surface area contributed by atoms with Crippen LogP contribution in [-0.4, -0.2) is 5.78 Å². The van der Waals surface area contributed by atoms with E-state index in [1.807, 2.05) is 25.1 Å². The highest BCUT2D eigenvalue weighted by Crippen LogP contribution is 2.33. The Balaban J connectivity index is 1.92. The van der Waals surface area contributed by atoms with Crippen LogP contribution in [0.1, 0.15) is 67.8 Å². The van der Waals surface area contributed by atoms with Gasteiger partial charge in [-0.25, -0.2) is 0 Å². The number of hydrogen-bond acceptors (Lipinski definition) is 2. The number of benzene rings is 1. The number of Topliss-reactive ketones (excluding diaryl/α,β-unsaturated/α-hetero) is 1. The van der Waals surface area contributed by atoms with Crippen molar-refractivity contribution in [2.75, 3.05) is 5.73 Å². The van der Waals surface area contributed by atoms with E-state index >= 15 is 0 Å². The lowest BCUT2D eigenvalue weighted by molar-refractivity contribution is 0.0869. The zero-order valence-corrected chi connectivity index (χ0v) is 12.8. The molecule has 0 atom stereocenters. The third kappa shape index (κ3) is 3.62. The molecule has 0 radical (unpaired) electrons. The molecule has 2 N–H and O–H groups in total. The van der Waals surface area contributed by atoms with Gasteiger partial charge in [-0.3, -0.25) is 4.79 Å². The van der Waals surface area contributed by atoms with Gasteiger partial charge in [-0.2, -0.15) is 0 Å². The summed E-state index contributed by atoms with van der Waals surface area (Å²) in [6.45, 7) is 4.21. The van der Waals surface area contributed by atoms with Crippen molar-refractivity contribution in [3.63, 3.8) is 0 Å². The average molecular weight is 273 g/mol. The molecule has 0 heterocycles. The van der Waals surface area contributed by atoms with E-state index in [2.05, 4.69) is 6.92 Å². The summed E-state index contributed by atoms with van der Waals surface area (Å²) >= 11 is 0. The lowest BCUT2D eigenvalue weighted by Gasteiger charge is -2.27. The highest BCUT2D eigenvalue weighted by atomic mass is 16.1. The number of unbranched alkanes of at least 4 members (excludes halogenated alkanes) is 1. The van der Waals surface area contributed by atoms with E-state index in [-0.39, 0.29) is 5.92 Å². The van der Waals surface area contributed by atoms with E-state index in [0.717, 1.165) is 35.6 Å². The summed E-state index contributed by atoms with van der Waals surface area (Å²) in [6.07, 6.45) is 8.55. The van der Waals surface area contributed by atoms with E-state index < -0.39 is 0 Å². The van der Waals surface area contributed by atoms with Crippen molar-refractivity contribution < 1.29 is 4.79 Å². The Hall–Kier alpha value is -1.31. The summed E-state index contributed by atoms with van der Waals surface area (Å²) in [6, 6.07) is 5.68. The number of carbonyl (C=O) groups excluding carboxylic acids is 1. The molecule has 0 unspecified atom stereocenters. The van der Waals surface area contributed by atoms with Crippen molar-refractivity contribution in [3.8, 4) is 0 Å². The first-order valence-electron chi connectivity index (χ1n) is 8.02. The van der Waals surface area contributed by atoms with Gasteiger partial charge in [0, 0.05) is 17.2 Å². The quantitative estimate of drug-likeness (QED) is 0.621. The number of ketones is 1. The Bertz CT molecular complexity index is 458. The minimum absolute atomic E-state index is 0.232. The maximum absolute atomic E-state index is 12.5. The van der Waals surface area contributed by atoms with Crippen molar-refractivity contribution in [2.24, 2.45) is 11.8 Å². The van der Waals surface area contributed by atoms with E-state index in [1.165, 1.54) is 32.1 Å². The van der Waals surface area contributed by atoms with Gasteiger partial charge < -0.3 is 5.73 Å². The Morgan fingerprint density at radius 2 is 1.95 bits per heavy atom. The maximum Gasteiger partial charge on any atom is 0.165 e. The molecule has 1 aromatic rings. The highest BCUT2D eigenvalue weighted by Gasteiger charge is 2.26. The molecule has 0 saturated heterocycles. The lowest BCUT2D eigenvalue weighted by atomic mass is 9.77. The minimum atomic E-state index is 0.232. The van der Waals surface area contributed by atoms with Crippen molar-refractivity contribution in [1.29, 1.82) is 0 Å². The number of carbonyl (C=O) groups is 1. The number of nitrogen functional groups attached to an aromatic ring is 1. The van der Waals surface area contributed by atoms with Gasteiger partial charge in [0.25, 0.3) is 0 Å². The summed E-state index contributed by atoms with van der Waals surface area (Å²) in [7, 11) is 0. The first-order valence-corrected chi connectivity index (χ1v) is 8.02. The monoisotopic (exact) mass is 273 g/mol. The third-order valence-electron chi connectivity index (χ3n) is 4.74. The molecule has 1 fully saturated rings. The SMILES string of the molecule is CCCCC1CCC(C(=O)c2ccc(N)c(C)c2)CC1.